The van der Waals surface area contributed by atoms with Crippen molar-refractivity contribution in [2.45, 2.75) is 25.7 Å². The molecule has 0 fully saturated rings. The highest BCUT2D eigenvalue weighted by Crippen LogP contribution is 2.29. The summed E-state index contributed by atoms with van der Waals surface area (Å²) in [6.45, 7) is 1.60. The number of benzene rings is 1. The summed E-state index contributed by atoms with van der Waals surface area (Å²) in [6.07, 6.45) is 0.565. The lowest BCUT2D eigenvalue weighted by molar-refractivity contribution is -0.385. The van der Waals surface area contributed by atoms with Crippen LogP contribution in [0.1, 0.15) is 24.1 Å². The zero-order valence-electron chi connectivity index (χ0n) is 15.0. The molecule has 2 aromatic heterocycles. The number of amides is 1. The number of carbonyl (C=O) groups is 1. The van der Waals surface area contributed by atoms with Crippen molar-refractivity contribution in [3.63, 3.8) is 0 Å². The van der Waals surface area contributed by atoms with Crippen LogP contribution in [0, 0.1) is 10.1 Å². The topological polar surface area (TPSA) is 108 Å². The van der Waals surface area contributed by atoms with Gasteiger partial charge in [0.15, 0.2) is 0 Å². The summed E-state index contributed by atoms with van der Waals surface area (Å²) in [5.41, 5.74) is -0.259. The lowest BCUT2D eigenvalue weighted by Crippen LogP contribution is -2.23. The number of nitrogens with one attached hydrogen (secondary N) is 1. The lowest BCUT2D eigenvalue weighted by Gasteiger charge is -2.11. The minimum Gasteiger partial charge on any atom is -0.322 e. The van der Waals surface area contributed by atoms with Gasteiger partial charge in [0.1, 0.15) is 18.4 Å². The number of alkyl halides is 3. The summed E-state index contributed by atoms with van der Waals surface area (Å²) < 4.78 is 40.9. The summed E-state index contributed by atoms with van der Waals surface area (Å²) in [4.78, 5) is 22.4. The van der Waals surface area contributed by atoms with Crippen molar-refractivity contribution >= 4 is 17.3 Å². The van der Waals surface area contributed by atoms with Crippen LogP contribution in [0.3, 0.4) is 0 Å². The van der Waals surface area contributed by atoms with Crippen molar-refractivity contribution in [1.29, 1.82) is 0 Å². The Bertz CT molecular complexity index is 1040. The molecule has 1 aromatic carbocycles. The van der Waals surface area contributed by atoms with Crippen LogP contribution in [0.2, 0.25) is 0 Å². The first-order valence-corrected chi connectivity index (χ1v) is 8.31. The summed E-state index contributed by atoms with van der Waals surface area (Å²) in [6, 6.07) is 4.05. The van der Waals surface area contributed by atoms with Crippen molar-refractivity contribution in [2.75, 3.05) is 5.32 Å². The van der Waals surface area contributed by atoms with Crippen LogP contribution in [0.25, 0.3) is 0 Å². The first kappa shape index (κ1) is 20.0. The molecule has 0 aliphatic heterocycles. The van der Waals surface area contributed by atoms with E-state index in [1.807, 2.05) is 0 Å². The maximum atomic E-state index is 12.8. The standard InChI is InChI=1S/C17H15F3N6O3/c1-11(25-10-15(7-22-25)26(28)29)16(27)23-14-6-21-24(9-14)8-12-3-2-4-13(5-12)17(18,19)20/h2-7,9-11H,8H2,1H3,(H,23,27). The maximum Gasteiger partial charge on any atom is 0.416 e. The molecular weight excluding hydrogens is 393 g/mol. The zero-order chi connectivity index (χ0) is 21.2. The number of rotatable bonds is 6. The van der Waals surface area contributed by atoms with Gasteiger partial charge in [0.2, 0.25) is 5.91 Å². The second kappa shape index (κ2) is 7.73. The van der Waals surface area contributed by atoms with Gasteiger partial charge in [0.25, 0.3) is 0 Å². The number of nitro groups is 1. The first-order valence-electron chi connectivity index (χ1n) is 8.31. The van der Waals surface area contributed by atoms with Crippen molar-refractivity contribution in [1.82, 2.24) is 19.6 Å². The molecule has 152 valence electrons. The Balaban J connectivity index is 1.65. The SMILES string of the molecule is CC(C(=O)Nc1cnn(Cc2cccc(C(F)(F)F)c2)c1)n1cc([N+](=O)[O-])cn1. The Kier molecular flexibility index (Phi) is 5.35. The minimum absolute atomic E-state index is 0.0840. The Morgan fingerprint density at radius 2 is 2.03 bits per heavy atom. The number of carbonyl (C=O) groups excluding carboxylic acids is 1. The number of halogens is 3. The van der Waals surface area contributed by atoms with E-state index >= 15 is 0 Å². The minimum atomic E-state index is -4.43. The molecule has 0 spiro atoms. The number of nitrogens with zero attached hydrogens (tertiary/aromatic N) is 5. The predicted octanol–water partition coefficient (Wildman–Crippen LogP) is 3.25. The Morgan fingerprint density at radius 3 is 2.69 bits per heavy atom. The first-order chi connectivity index (χ1) is 13.6. The van der Waals surface area contributed by atoms with Crippen LogP contribution in [-0.4, -0.2) is 30.4 Å². The molecule has 12 heteroatoms. The van der Waals surface area contributed by atoms with Gasteiger partial charge in [0, 0.05) is 6.20 Å². The predicted molar refractivity (Wildman–Crippen MR) is 95.0 cm³/mol. The third kappa shape index (κ3) is 4.78. The third-order valence-corrected chi connectivity index (χ3v) is 4.07. The van der Waals surface area contributed by atoms with E-state index in [4.69, 9.17) is 0 Å². The van der Waals surface area contributed by atoms with E-state index in [2.05, 4.69) is 15.5 Å². The Labute approximate surface area is 161 Å². The fraction of sp³-hybridized carbons (Fsp3) is 0.235. The quantitative estimate of drug-likeness (QED) is 0.498. The molecule has 0 aliphatic carbocycles. The van der Waals surface area contributed by atoms with Crippen LogP contribution in [-0.2, 0) is 17.5 Å². The molecule has 0 bridgehead atoms. The zero-order valence-corrected chi connectivity index (χ0v) is 15.0. The molecule has 1 unspecified atom stereocenters. The summed E-state index contributed by atoms with van der Waals surface area (Å²) in [7, 11) is 0. The van der Waals surface area contributed by atoms with Gasteiger partial charge < -0.3 is 5.32 Å². The lowest BCUT2D eigenvalue weighted by atomic mass is 10.1. The van der Waals surface area contributed by atoms with Gasteiger partial charge >= 0.3 is 11.9 Å². The molecule has 0 saturated carbocycles. The van der Waals surface area contributed by atoms with Crippen LogP contribution < -0.4 is 5.32 Å². The summed E-state index contributed by atoms with van der Waals surface area (Å²) in [5, 5.41) is 21.1. The Morgan fingerprint density at radius 1 is 1.28 bits per heavy atom. The van der Waals surface area contributed by atoms with Crippen LogP contribution in [0.4, 0.5) is 24.5 Å². The van der Waals surface area contributed by atoms with Gasteiger partial charge in [-0.1, -0.05) is 12.1 Å². The number of aromatic nitrogens is 4. The average molecular weight is 408 g/mol. The van der Waals surface area contributed by atoms with E-state index in [0.717, 1.165) is 29.2 Å². The molecule has 0 aliphatic rings. The monoisotopic (exact) mass is 408 g/mol. The second-order valence-electron chi connectivity index (χ2n) is 6.23. The van der Waals surface area contributed by atoms with Crippen LogP contribution in [0.15, 0.2) is 49.1 Å². The van der Waals surface area contributed by atoms with Gasteiger partial charge in [-0.3, -0.25) is 24.3 Å². The normalized spacial score (nSPS) is 12.6. The van der Waals surface area contributed by atoms with Gasteiger partial charge in [0.05, 0.1) is 28.9 Å². The highest BCUT2D eigenvalue weighted by molar-refractivity contribution is 5.93. The smallest absolute Gasteiger partial charge is 0.322 e. The van der Waals surface area contributed by atoms with Crippen molar-refractivity contribution in [3.05, 3.63) is 70.3 Å². The number of hydrogen-bond donors (Lipinski definition) is 1. The highest BCUT2D eigenvalue weighted by atomic mass is 19.4. The molecule has 2 heterocycles. The molecule has 3 aromatic rings. The molecule has 1 amide bonds. The fourth-order valence-electron chi connectivity index (χ4n) is 2.55. The summed E-state index contributed by atoms with van der Waals surface area (Å²) >= 11 is 0. The van der Waals surface area contributed by atoms with Crippen molar-refractivity contribution < 1.29 is 22.9 Å². The molecule has 3 rings (SSSR count). The van der Waals surface area contributed by atoms with Crippen molar-refractivity contribution in [3.8, 4) is 0 Å². The van der Waals surface area contributed by atoms with Crippen LogP contribution >= 0.6 is 0 Å². The molecule has 29 heavy (non-hydrogen) atoms. The van der Waals surface area contributed by atoms with Gasteiger partial charge in [-0.2, -0.15) is 23.4 Å². The van der Waals surface area contributed by atoms with E-state index in [1.54, 1.807) is 6.07 Å². The second-order valence-corrected chi connectivity index (χ2v) is 6.23. The molecule has 1 atom stereocenters. The van der Waals surface area contributed by atoms with E-state index in [9.17, 15) is 28.1 Å². The van der Waals surface area contributed by atoms with E-state index < -0.39 is 28.6 Å². The molecule has 0 saturated heterocycles. The van der Waals surface area contributed by atoms with Gasteiger partial charge in [-0.15, -0.1) is 0 Å². The molecule has 1 N–H and O–H groups in total. The van der Waals surface area contributed by atoms with Crippen LogP contribution in [0.5, 0.6) is 0 Å². The third-order valence-electron chi connectivity index (χ3n) is 4.07. The summed E-state index contributed by atoms with van der Waals surface area (Å²) in [5.74, 6) is -0.485. The van der Waals surface area contributed by atoms with E-state index in [-0.39, 0.29) is 12.2 Å². The van der Waals surface area contributed by atoms with Gasteiger partial charge in [-0.05, 0) is 24.6 Å². The average Bonchev–Trinajstić information content (AvgIpc) is 3.30. The van der Waals surface area contributed by atoms with Crippen molar-refractivity contribution in [2.24, 2.45) is 0 Å². The Hall–Kier alpha value is -3.70. The molecule has 9 nitrogen and oxygen atoms in total. The highest BCUT2D eigenvalue weighted by Gasteiger charge is 2.30. The van der Waals surface area contributed by atoms with Gasteiger partial charge in [-0.25, -0.2) is 0 Å². The van der Waals surface area contributed by atoms with E-state index in [0.29, 0.717) is 11.3 Å². The van der Waals surface area contributed by atoms with E-state index in [1.165, 1.54) is 30.1 Å². The number of anilines is 1. The number of hydrogen-bond acceptors (Lipinski definition) is 5. The maximum absolute atomic E-state index is 12.8. The fourth-order valence-corrected chi connectivity index (χ4v) is 2.55. The molecule has 0 radical (unpaired) electrons. The largest absolute Gasteiger partial charge is 0.416 e. The molecular formula is C17H15F3N6O3.